The average molecular weight is 339 g/mol. The summed E-state index contributed by atoms with van der Waals surface area (Å²) in [5, 5.41) is 0. The van der Waals surface area contributed by atoms with Crippen molar-refractivity contribution in [2.45, 2.75) is 37.5 Å². The molecule has 2 N–H and O–H groups in total. The van der Waals surface area contributed by atoms with Crippen LogP contribution in [0.1, 0.15) is 13.8 Å². The van der Waals surface area contributed by atoms with Crippen molar-refractivity contribution < 1.29 is 23.1 Å². The summed E-state index contributed by atoms with van der Waals surface area (Å²) in [6.45, 7) is 2.26. The van der Waals surface area contributed by atoms with Gasteiger partial charge in [-0.2, -0.15) is 0 Å². The summed E-state index contributed by atoms with van der Waals surface area (Å²) in [6, 6.07) is 7.64. The number of nitrogens with zero attached hydrogens (tertiary/aromatic N) is 2. The molecule has 130 valence electrons. The Hall–Kier alpha value is -2.22. The zero-order valence-electron chi connectivity index (χ0n) is 13.4. The SMILES string of the molecule is CC1N([C@](C)(C(N)=O)C2CN(c3ccccc3)C(=O)O2)CC1(F)F. The number of hydrogen-bond donors (Lipinski definition) is 1. The van der Waals surface area contributed by atoms with Gasteiger partial charge in [0.05, 0.1) is 19.1 Å². The fourth-order valence-corrected chi connectivity index (χ4v) is 3.24. The van der Waals surface area contributed by atoms with Gasteiger partial charge in [0, 0.05) is 5.69 Å². The molecule has 2 amide bonds. The first-order valence-corrected chi connectivity index (χ1v) is 7.65. The number of para-hydroxylation sites is 1. The zero-order chi connectivity index (χ0) is 17.7. The summed E-state index contributed by atoms with van der Waals surface area (Å²) in [5.41, 5.74) is 4.62. The molecule has 1 aromatic rings. The van der Waals surface area contributed by atoms with Gasteiger partial charge in [0.25, 0.3) is 5.92 Å². The van der Waals surface area contributed by atoms with Crippen LogP contribution < -0.4 is 10.6 Å². The van der Waals surface area contributed by atoms with Crippen LogP contribution in [-0.2, 0) is 9.53 Å². The van der Waals surface area contributed by atoms with Crippen LogP contribution in [0, 0.1) is 0 Å². The lowest BCUT2D eigenvalue weighted by molar-refractivity contribution is -0.221. The lowest BCUT2D eigenvalue weighted by atomic mass is 9.83. The Morgan fingerprint density at radius 2 is 2.00 bits per heavy atom. The van der Waals surface area contributed by atoms with Crippen LogP contribution >= 0.6 is 0 Å². The number of anilines is 1. The molecule has 6 nitrogen and oxygen atoms in total. The number of halogens is 2. The number of benzene rings is 1. The third kappa shape index (κ3) is 2.32. The van der Waals surface area contributed by atoms with E-state index in [1.54, 1.807) is 30.3 Å². The lowest BCUT2D eigenvalue weighted by Gasteiger charge is -2.54. The van der Waals surface area contributed by atoms with Crippen molar-refractivity contribution >= 4 is 17.7 Å². The van der Waals surface area contributed by atoms with E-state index in [2.05, 4.69) is 0 Å². The molecule has 0 aromatic heterocycles. The molecule has 1 aromatic carbocycles. The number of likely N-dealkylation sites (tertiary alicyclic amines) is 1. The van der Waals surface area contributed by atoms with Gasteiger partial charge in [-0.3, -0.25) is 14.6 Å². The molecule has 2 aliphatic rings. The normalized spacial score (nSPS) is 28.8. The van der Waals surface area contributed by atoms with Crippen LogP contribution in [0.3, 0.4) is 0 Å². The molecular formula is C16H19F2N3O3. The first-order chi connectivity index (χ1) is 11.2. The number of rotatable bonds is 4. The van der Waals surface area contributed by atoms with Crippen molar-refractivity contribution in [3.63, 3.8) is 0 Å². The fourth-order valence-electron chi connectivity index (χ4n) is 3.24. The van der Waals surface area contributed by atoms with Crippen molar-refractivity contribution in [1.29, 1.82) is 0 Å². The summed E-state index contributed by atoms with van der Waals surface area (Å²) >= 11 is 0. The summed E-state index contributed by atoms with van der Waals surface area (Å²) < 4.78 is 32.5. The maximum atomic E-state index is 13.6. The molecule has 2 aliphatic heterocycles. The monoisotopic (exact) mass is 339 g/mol. The van der Waals surface area contributed by atoms with Gasteiger partial charge in [-0.15, -0.1) is 0 Å². The molecule has 0 radical (unpaired) electrons. The van der Waals surface area contributed by atoms with Crippen molar-refractivity contribution in [3.05, 3.63) is 30.3 Å². The van der Waals surface area contributed by atoms with Crippen molar-refractivity contribution in [1.82, 2.24) is 4.90 Å². The fraction of sp³-hybridized carbons (Fsp3) is 0.500. The quantitative estimate of drug-likeness (QED) is 0.904. The predicted molar refractivity (Wildman–Crippen MR) is 82.8 cm³/mol. The minimum atomic E-state index is -2.89. The Morgan fingerprint density at radius 3 is 2.50 bits per heavy atom. The Bertz CT molecular complexity index is 670. The van der Waals surface area contributed by atoms with Gasteiger partial charge in [0.2, 0.25) is 5.91 Å². The smallest absolute Gasteiger partial charge is 0.414 e. The number of primary amides is 1. The van der Waals surface area contributed by atoms with E-state index in [9.17, 15) is 18.4 Å². The number of nitrogens with two attached hydrogens (primary N) is 1. The van der Waals surface area contributed by atoms with Crippen molar-refractivity contribution in [3.8, 4) is 0 Å². The van der Waals surface area contributed by atoms with Crippen LogP contribution in [0.25, 0.3) is 0 Å². The molecule has 24 heavy (non-hydrogen) atoms. The van der Waals surface area contributed by atoms with E-state index in [1.165, 1.54) is 23.6 Å². The van der Waals surface area contributed by atoms with E-state index in [0.717, 1.165) is 0 Å². The number of carbonyl (C=O) groups excluding carboxylic acids is 2. The first-order valence-electron chi connectivity index (χ1n) is 7.65. The summed E-state index contributed by atoms with van der Waals surface area (Å²) in [4.78, 5) is 26.9. The highest BCUT2D eigenvalue weighted by atomic mass is 19.3. The number of cyclic esters (lactones) is 1. The molecule has 3 atom stereocenters. The highest BCUT2D eigenvalue weighted by molar-refractivity contribution is 5.92. The zero-order valence-corrected chi connectivity index (χ0v) is 13.4. The minimum absolute atomic E-state index is 0.0665. The maximum absolute atomic E-state index is 13.6. The van der Waals surface area contributed by atoms with Gasteiger partial charge in [0.1, 0.15) is 11.6 Å². The van der Waals surface area contributed by atoms with Gasteiger partial charge < -0.3 is 10.5 Å². The summed E-state index contributed by atoms with van der Waals surface area (Å²) in [7, 11) is 0. The minimum Gasteiger partial charge on any atom is -0.441 e. The van der Waals surface area contributed by atoms with Crippen LogP contribution in [0.15, 0.2) is 30.3 Å². The molecule has 0 bridgehead atoms. The van der Waals surface area contributed by atoms with E-state index >= 15 is 0 Å². The number of alkyl halides is 2. The number of hydrogen-bond acceptors (Lipinski definition) is 4. The van der Waals surface area contributed by atoms with E-state index in [0.29, 0.717) is 5.69 Å². The molecule has 2 heterocycles. The second kappa shape index (κ2) is 5.41. The van der Waals surface area contributed by atoms with E-state index < -0.39 is 42.2 Å². The van der Waals surface area contributed by atoms with Gasteiger partial charge >= 0.3 is 6.09 Å². The maximum Gasteiger partial charge on any atom is 0.414 e. The Labute approximate surface area is 138 Å². The van der Waals surface area contributed by atoms with Crippen molar-refractivity contribution in [2.75, 3.05) is 18.0 Å². The van der Waals surface area contributed by atoms with Crippen molar-refractivity contribution in [2.24, 2.45) is 5.73 Å². The molecular weight excluding hydrogens is 320 g/mol. The third-order valence-electron chi connectivity index (χ3n) is 5.06. The average Bonchev–Trinajstić information content (AvgIpc) is 2.94. The molecule has 8 heteroatoms. The molecule has 2 fully saturated rings. The second-order valence-corrected chi connectivity index (χ2v) is 6.40. The topological polar surface area (TPSA) is 75.9 Å². The van der Waals surface area contributed by atoms with Crippen LogP contribution in [0.5, 0.6) is 0 Å². The predicted octanol–water partition coefficient (Wildman–Crippen LogP) is 1.60. The highest BCUT2D eigenvalue weighted by Gasteiger charge is 2.63. The van der Waals surface area contributed by atoms with Gasteiger partial charge in [-0.1, -0.05) is 18.2 Å². The molecule has 2 unspecified atom stereocenters. The van der Waals surface area contributed by atoms with E-state index in [-0.39, 0.29) is 6.54 Å². The molecule has 0 saturated carbocycles. The molecule has 0 spiro atoms. The summed E-state index contributed by atoms with van der Waals surface area (Å²) in [5.74, 6) is -3.68. The molecule has 0 aliphatic carbocycles. The highest BCUT2D eigenvalue weighted by Crippen LogP contribution is 2.42. The number of ether oxygens (including phenoxy) is 1. The second-order valence-electron chi connectivity index (χ2n) is 6.40. The van der Waals surface area contributed by atoms with Gasteiger partial charge in [-0.25, -0.2) is 13.6 Å². The van der Waals surface area contributed by atoms with E-state index in [4.69, 9.17) is 10.5 Å². The number of carbonyl (C=O) groups is 2. The lowest BCUT2D eigenvalue weighted by Crippen LogP contribution is -2.76. The first kappa shape index (κ1) is 16.6. The Balaban J connectivity index is 1.86. The van der Waals surface area contributed by atoms with E-state index in [1.807, 2.05) is 0 Å². The van der Waals surface area contributed by atoms with Crippen LogP contribution in [0.2, 0.25) is 0 Å². The largest absolute Gasteiger partial charge is 0.441 e. The Morgan fingerprint density at radius 1 is 1.38 bits per heavy atom. The van der Waals surface area contributed by atoms with Crippen LogP contribution in [0.4, 0.5) is 19.3 Å². The third-order valence-corrected chi connectivity index (χ3v) is 5.06. The summed E-state index contributed by atoms with van der Waals surface area (Å²) in [6.07, 6.45) is -1.56. The standard InChI is InChI=1S/C16H19F2N3O3/c1-10-16(17,18)9-21(10)15(2,13(19)22)12-8-20(14(23)24-12)11-6-4-3-5-7-11/h3-7,10,12H,8-9H2,1-2H3,(H2,19,22)/t10?,12?,15-/m0/s1. The van der Waals surface area contributed by atoms with Gasteiger partial charge in [-0.05, 0) is 26.0 Å². The molecule has 3 rings (SSSR count). The molecule has 2 saturated heterocycles. The van der Waals surface area contributed by atoms with Crippen LogP contribution in [-0.4, -0.2) is 53.6 Å². The Kier molecular flexibility index (Phi) is 3.75. The number of amides is 2. The van der Waals surface area contributed by atoms with Gasteiger partial charge in [0.15, 0.2) is 0 Å².